The summed E-state index contributed by atoms with van der Waals surface area (Å²) in [5.74, 6) is 0. The molecule has 0 aromatic heterocycles. The molecule has 0 amide bonds. The minimum atomic E-state index is -3.96. The largest absolute Gasteiger partial charge is 0.282 e. The summed E-state index contributed by atoms with van der Waals surface area (Å²) in [5.41, 5.74) is 2.49. The molecule has 0 N–H and O–H groups in total. The number of sulfonamides is 1. The molecule has 0 aliphatic rings. The van der Waals surface area contributed by atoms with E-state index < -0.39 is 14.9 Å². The highest BCUT2D eigenvalue weighted by Crippen LogP contribution is 2.23. The fourth-order valence-electron chi connectivity index (χ4n) is 2.58. The Morgan fingerprint density at radius 3 is 1.79 bits per heavy atom. The van der Waals surface area contributed by atoms with Crippen molar-refractivity contribution in [2.45, 2.75) is 4.90 Å². The number of nitrogens with zero attached hydrogens (tertiary/aromatic N) is 2. The molecule has 0 spiro atoms. The smallest absolute Gasteiger partial charge is 0.258 e. The van der Waals surface area contributed by atoms with Crippen molar-refractivity contribution in [3.63, 3.8) is 0 Å². The van der Waals surface area contributed by atoms with E-state index in [2.05, 4.69) is 4.40 Å². The van der Waals surface area contributed by atoms with Crippen LogP contribution in [0, 0.1) is 10.1 Å². The van der Waals surface area contributed by atoms with Gasteiger partial charge >= 0.3 is 0 Å². The molecule has 0 radical (unpaired) electrons. The molecule has 0 heterocycles. The Kier molecular flexibility index (Phi) is 5.76. The fourth-order valence-corrected chi connectivity index (χ4v) is 3.40. The zero-order valence-electron chi connectivity index (χ0n) is 14.7. The monoisotopic (exact) mass is 392 g/mol. The predicted octanol–water partition coefficient (Wildman–Crippen LogP) is 4.49. The highest BCUT2D eigenvalue weighted by molar-refractivity contribution is 7.90. The van der Waals surface area contributed by atoms with Crippen molar-refractivity contribution in [2.24, 2.45) is 4.40 Å². The Labute approximate surface area is 162 Å². The number of allylic oxidation sites excluding steroid dienone is 1. The average molecular weight is 392 g/mol. The molecule has 3 rings (SSSR count). The van der Waals surface area contributed by atoms with Crippen LogP contribution < -0.4 is 0 Å². The molecule has 0 atom stereocenters. The average Bonchev–Trinajstić information content (AvgIpc) is 2.72. The van der Waals surface area contributed by atoms with Crippen molar-refractivity contribution in [1.82, 2.24) is 0 Å². The molecule has 0 fully saturated rings. The van der Waals surface area contributed by atoms with Crippen molar-refractivity contribution in [2.75, 3.05) is 0 Å². The molecule has 3 aromatic carbocycles. The van der Waals surface area contributed by atoms with Gasteiger partial charge in [-0.1, -0.05) is 60.7 Å². The number of hydrogen-bond acceptors (Lipinski definition) is 4. The molecule has 0 saturated heterocycles. The first-order chi connectivity index (χ1) is 13.5. The van der Waals surface area contributed by atoms with E-state index in [9.17, 15) is 18.5 Å². The van der Waals surface area contributed by atoms with E-state index in [-0.39, 0.29) is 10.6 Å². The van der Waals surface area contributed by atoms with Gasteiger partial charge in [-0.2, -0.15) is 12.8 Å². The van der Waals surface area contributed by atoms with E-state index in [1.54, 1.807) is 6.08 Å². The molecule has 6 nitrogen and oxygen atoms in total. The van der Waals surface area contributed by atoms with Gasteiger partial charge in [-0.15, -0.1) is 0 Å². The highest BCUT2D eigenvalue weighted by atomic mass is 32.2. The zero-order chi connectivity index (χ0) is 20.0. The number of nitro benzene ring substituents is 1. The molecule has 0 unspecified atom stereocenters. The minimum absolute atomic E-state index is 0.108. The summed E-state index contributed by atoms with van der Waals surface area (Å²) in [6, 6.07) is 23.7. The third-order valence-corrected chi connectivity index (χ3v) is 5.22. The van der Waals surface area contributed by atoms with Gasteiger partial charge in [-0.05, 0) is 34.9 Å². The second-order valence-corrected chi connectivity index (χ2v) is 7.43. The van der Waals surface area contributed by atoms with Crippen LogP contribution >= 0.6 is 0 Å². The van der Waals surface area contributed by atoms with Crippen molar-refractivity contribution >= 4 is 27.5 Å². The lowest BCUT2D eigenvalue weighted by atomic mass is 9.98. The van der Waals surface area contributed by atoms with Crippen LogP contribution in [0.5, 0.6) is 0 Å². The lowest BCUT2D eigenvalue weighted by molar-refractivity contribution is -0.384. The van der Waals surface area contributed by atoms with Gasteiger partial charge < -0.3 is 0 Å². The molecular weight excluding hydrogens is 376 g/mol. The van der Waals surface area contributed by atoms with Gasteiger partial charge in [0, 0.05) is 18.3 Å². The summed E-state index contributed by atoms with van der Waals surface area (Å²) in [6.07, 6.45) is 2.86. The van der Waals surface area contributed by atoms with Crippen LogP contribution in [0.1, 0.15) is 11.1 Å². The molecule has 7 heteroatoms. The normalized spacial score (nSPS) is 11.3. The van der Waals surface area contributed by atoms with Crippen molar-refractivity contribution in [1.29, 1.82) is 0 Å². The first kappa shape index (κ1) is 19.2. The van der Waals surface area contributed by atoms with Gasteiger partial charge in [0.1, 0.15) is 0 Å². The van der Waals surface area contributed by atoms with Gasteiger partial charge in [0.25, 0.3) is 15.7 Å². The van der Waals surface area contributed by atoms with Crippen LogP contribution in [0.25, 0.3) is 5.57 Å². The van der Waals surface area contributed by atoms with Crippen LogP contribution in [-0.2, 0) is 10.0 Å². The summed E-state index contributed by atoms with van der Waals surface area (Å²) >= 11 is 0. The van der Waals surface area contributed by atoms with Crippen LogP contribution in [0.3, 0.4) is 0 Å². The summed E-state index contributed by atoms with van der Waals surface area (Å²) < 4.78 is 28.4. The Morgan fingerprint density at radius 1 is 0.821 bits per heavy atom. The topological polar surface area (TPSA) is 89.6 Å². The fraction of sp³-hybridized carbons (Fsp3) is 0. The van der Waals surface area contributed by atoms with Crippen LogP contribution in [-0.4, -0.2) is 19.6 Å². The van der Waals surface area contributed by atoms with E-state index in [1.165, 1.54) is 18.3 Å². The lowest BCUT2D eigenvalue weighted by Crippen LogP contribution is -1.98. The van der Waals surface area contributed by atoms with Gasteiger partial charge in [0.05, 0.1) is 9.82 Å². The Balaban J connectivity index is 1.93. The van der Waals surface area contributed by atoms with E-state index in [1.807, 2.05) is 60.7 Å². The van der Waals surface area contributed by atoms with Crippen LogP contribution in [0.15, 0.2) is 100 Å². The molecule has 0 aliphatic heterocycles. The Bertz CT molecular complexity index is 1080. The number of benzene rings is 3. The highest BCUT2D eigenvalue weighted by Gasteiger charge is 2.14. The molecule has 28 heavy (non-hydrogen) atoms. The quantitative estimate of drug-likeness (QED) is 0.351. The summed E-state index contributed by atoms with van der Waals surface area (Å²) in [5, 5.41) is 10.7. The van der Waals surface area contributed by atoms with Crippen molar-refractivity contribution < 1.29 is 13.3 Å². The van der Waals surface area contributed by atoms with Crippen molar-refractivity contribution in [3.8, 4) is 0 Å². The van der Waals surface area contributed by atoms with E-state index >= 15 is 0 Å². The predicted molar refractivity (Wildman–Crippen MR) is 109 cm³/mol. The lowest BCUT2D eigenvalue weighted by Gasteiger charge is -2.07. The third-order valence-electron chi connectivity index (χ3n) is 3.96. The van der Waals surface area contributed by atoms with E-state index in [4.69, 9.17) is 0 Å². The first-order valence-electron chi connectivity index (χ1n) is 8.33. The summed E-state index contributed by atoms with van der Waals surface area (Å²) in [6.45, 7) is 0. The van der Waals surface area contributed by atoms with Crippen LogP contribution in [0.2, 0.25) is 0 Å². The SMILES string of the molecule is O=[N+]([O-])c1ccc(S(=O)(=O)/N=C/C=C(c2ccccc2)c2ccccc2)cc1. The van der Waals surface area contributed by atoms with Gasteiger partial charge in [0.15, 0.2) is 0 Å². The second kappa shape index (κ2) is 8.41. The number of nitro groups is 1. The first-order valence-corrected chi connectivity index (χ1v) is 9.77. The molecule has 3 aromatic rings. The molecule has 140 valence electrons. The maximum Gasteiger partial charge on any atom is 0.282 e. The molecule has 0 aliphatic carbocycles. The molecule has 0 saturated carbocycles. The maximum absolute atomic E-state index is 12.4. The van der Waals surface area contributed by atoms with E-state index in [0.717, 1.165) is 28.8 Å². The number of rotatable bonds is 6. The Hall–Kier alpha value is -3.58. The van der Waals surface area contributed by atoms with Gasteiger partial charge in [-0.3, -0.25) is 10.1 Å². The zero-order valence-corrected chi connectivity index (χ0v) is 15.5. The third kappa shape index (κ3) is 4.57. The van der Waals surface area contributed by atoms with Gasteiger partial charge in [-0.25, -0.2) is 0 Å². The van der Waals surface area contributed by atoms with E-state index in [0.29, 0.717) is 0 Å². The number of hydrogen-bond donors (Lipinski definition) is 0. The van der Waals surface area contributed by atoms with Gasteiger partial charge in [0.2, 0.25) is 0 Å². The molecular formula is C21H16N2O4S. The minimum Gasteiger partial charge on any atom is -0.258 e. The number of non-ortho nitro benzene ring substituents is 1. The second-order valence-electron chi connectivity index (χ2n) is 5.79. The summed E-state index contributed by atoms with van der Waals surface area (Å²) in [7, 11) is -3.96. The Morgan fingerprint density at radius 2 is 1.32 bits per heavy atom. The van der Waals surface area contributed by atoms with Crippen LogP contribution in [0.4, 0.5) is 5.69 Å². The maximum atomic E-state index is 12.4. The summed E-state index contributed by atoms with van der Waals surface area (Å²) in [4.78, 5) is 10.0. The van der Waals surface area contributed by atoms with Crippen molar-refractivity contribution in [3.05, 3.63) is 112 Å². The molecule has 0 bridgehead atoms. The standard InChI is InChI=1S/C21H16N2O4S/c24-23(25)19-11-13-20(14-12-19)28(26,27)22-16-15-21(17-7-3-1-4-8-17)18-9-5-2-6-10-18/h1-16H/b22-16+.